The molecule has 0 bridgehead atoms. The summed E-state index contributed by atoms with van der Waals surface area (Å²) in [4.78, 5) is 22.6. The van der Waals surface area contributed by atoms with Gasteiger partial charge in [-0.2, -0.15) is 0 Å². The van der Waals surface area contributed by atoms with Crippen molar-refractivity contribution in [2.45, 2.75) is 32.7 Å². The zero-order valence-electron chi connectivity index (χ0n) is 14.5. The molecule has 0 saturated carbocycles. The second kappa shape index (κ2) is 8.02. The fourth-order valence-electron chi connectivity index (χ4n) is 3.66. The first-order valence-electron chi connectivity index (χ1n) is 8.73. The molecule has 1 aliphatic rings. The van der Waals surface area contributed by atoms with Crippen LogP contribution in [-0.4, -0.2) is 40.5 Å². The number of ether oxygens (including phenoxy) is 1. The third kappa shape index (κ3) is 4.41. The van der Waals surface area contributed by atoms with Gasteiger partial charge in [0.05, 0.1) is 18.6 Å². The smallest absolute Gasteiger partial charge is 0.313 e. The molecule has 6 heteroatoms. The van der Waals surface area contributed by atoms with E-state index < -0.39 is 5.41 Å². The zero-order valence-corrected chi connectivity index (χ0v) is 15.3. The Morgan fingerprint density at radius 1 is 1.48 bits per heavy atom. The van der Waals surface area contributed by atoms with Crippen LogP contribution in [-0.2, 0) is 22.5 Å². The van der Waals surface area contributed by atoms with Crippen molar-refractivity contribution in [2.75, 3.05) is 19.7 Å². The van der Waals surface area contributed by atoms with E-state index in [-0.39, 0.29) is 5.97 Å². The molecular formula is C19H24ClN3O2. The number of piperidine rings is 1. The molecule has 134 valence electrons. The van der Waals surface area contributed by atoms with Gasteiger partial charge in [0, 0.05) is 24.0 Å². The number of aromatic amines is 1. The third-order valence-corrected chi connectivity index (χ3v) is 4.96. The third-order valence-electron chi connectivity index (χ3n) is 4.72. The van der Waals surface area contributed by atoms with Crippen LogP contribution < -0.4 is 0 Å². The number of nitrogens with zero attached hydrogens (tertiary/aromatic N) is 2. The normalized spacial score (nSPS) is 21.2. The van der Waals surface area contributed by atoms with Crippen molar-refractivity contribution < 1.29 is 9.53 Å². The Hall–Kier alpha value is -1.85. The number of esters is 1. The van der Waals surface area contributed by atoms with Crippen molar-refractivity contribution >= 4 is 17.6 Å². The maximum atomic E-state index is 12.9. The molecule has 1 aromatic carbocycles. The highest BCUT2D eigenvalue weighted by Gasteiger charge is 2.43. The summed E-state index contributed by atoms with van der Waals surface area (Å²) in [5.74, 6) is 0.807. The lowest BCUT2D eigenvalue weighted by Crippen LogP contribution is -2.49. The zero-order chi connectivity index (χ0) is 17.7. The molecular weight excluding hydrogens is 338 g/mol. The minimum atomic E-state index is -0.536. The second-order valence-corrected chi connectivity index (χ2v) is 7.09. The molecule has 0 amide bonds. The quantitative estimate of drug-likeness (QED) is 0.800. The first-order chi connectivity index (χ1) is 12.1. The molecule has 25 heavy (non-hydrogen) atoms. The van der Waals surface area contributed by atoms with E-state index in [1.807, 2.05) is 37.4 Å². The van der Waals surface area contributed by atoms with E-state index in [1.54, 1.807) is 6.20 Å². The number of benzene rings is 1. The Morgan fingerprint density at radius 2 is 2.36 bits per heavy atom. The van der Waals surface area contributed by atoms with E-state index in [0.717, 1.165) is 30.8 Å². The number of carbonyl (C=O) groups is 1. The van der Waals surface area contributed by atoms with Gasteiger partial charge in [-0.15, -0.1) is 0 Å². The van der Waals surface area contributed by atoms with Gasteiger partial charge < -0.3 is 9.72 Å². The van der Waals surface area contributed by atoms with Gasteiger partial charge in [0.15, 0.2) is 0 Å². The summed E-state index contributed by atoms with van der Waals surface area (Å²) in [7, 11) is 0. The molecule has 0 unspecified atom stereocenters. The molecule has 3 rings (SSSR count). The number of H-pyrrole nitrogens is 1. The minimum absolute atomic E-state index is 0.112. The van der Waals surface area contributed by atoms with Crippen molar-refractivity contribution in [3.63, 3.8) is 0 Å². The lowest BCUT2D eigenvalue weighted by Gasteiger charge is -2.40. The molecule has 0 aliphatic carbocycles. The second-order valence-electron chi connectivity index (χ2n) is 6.66. The molecule has 2 heterocycles. The van der Waals surface area contributed by atoms with Crippen LogP contribution in [0.3, 0.4) is 0 Å². The summed E-state index contributed by atoms with van der Waals surface area (Å²) >= 11 is 6.13. The van der Waals surface area contributed by atoms with Crippen LogP contribution in [0, 0.1) is 5.41 Å². The Kier molecular flexibility index (Phi) is 5.76. The number of aromatic nitrogens is 2. The first-order valence-corrected chi connectivity index (χ1v) is 9.11. The average Bonchev–Trinajstić information content (AvgIpc) is 3.08. The Bertz CT molecular complexity index is 704. The van der Waals surface area contributed by atoms with Crippen LogP contribution in [0.2, 0.25) is 5.02 Å². The number of hydrogen-bond donors (Lipinski definition) is 1. The first kappa shape index (κ1) is 18.0. The lowest BCUT2D eigenvalue weighted by atomic mass is 9.75. The van der Waals surface area contributed by atoms with Gasteiger partial charge in [0.2, 0.25) is 0 Å². The van der Waals surface area contributed by atoms with Gasteiger partial charge in [0.25, 0.3) is 0 Å². The van der Waals surface area contributed by atoms with E-state index >= 15 is 0 Å². The van der Waals surface area contributed by atoms with Crippen molar-refractivity contribution in [2.24, 2.45) is 5.41 Å². The fourth-order valence-corrected chi connectivity index (χ4v) is 3.88. The SMILES string of the molecule is CCOC(=O)[C@@]1(Cc2cccc(Cl)c2)CCCN(Cc2ncc[nH]2)C1. The van der Waals surface area contributed by atoms with Crippen LogP contribution >= 0.6 is 11.6 Å². The van der Waals surface area contributed by atoms with Crippen LogP contribution in [0.15, 0.2) is 36.7 Å². The van der Waals surface area contributed by atoms with Crippen LogP contribution in [0.1, 0.15) is 31.2 Å². The molecule has 1 aromatic heterocycles. The maximum absolute atomic E-state index is 12.9. The highest BCUT2D eigenvalue weighted by Crippen LogP contribution is 2.36. The molecule has 1 aliphatic heterocycles. The van der Waals surface area contributed by atoms with Gasteiger partial charge in [-0.05, 0) is 50.4 Å². The lowest BCUT2D eigenvalue weighted by molar-refractivity contribution is -0.159. The van der Waals surface area contributed by atoms with Gasteiger partial charge in [0.1, 0.15) is 5.82 Å². The standard InChI is InChI=1S/C19H24ClN3O2/c1-2-25-18(24)19(12-15-5-3-6-16(20)11-15)7-4-10-23(14-19)13-17-21-8-9-22-17/h3,5-6,8-9,11H,2,4,7,10,12-14H2,1H3,(H,21,22)/t19-/m1/s1. The number of hydrogen-bond acceptors (Lipinski definition) is 4. The predicted molar refractivity (Wildman–Crippen MR) is 97.3 cm³/mol. The minimum Gasteiger partial charge on any atom is -0.466 e. The van der Waals surface area contributed by atoms with Crippen molar-refractivity contribution in [1.29, 1.82) is 0 Å². The average molecular weight is 362 g/mol. The summed E-state index contributed by atoms with van der Waals surface area (Å²) in [6.45, 7) is 4.59. The number of halogens is 1. The Labute approximate surface area is 153 Å². The number of nitrogens with one attached hydrogen (secondary N) is 1. The molecule has 5 nitrogen and oxygen atoms in total. The van der Waals surface area contributed by atoms with Crippen molar-refractivity contribution in [3.05, 3.63) is 53.1 Å². The Morgan fingerprint density at radius 3 is 3.08 bits per heavy atom. The van der Waals surface area contributed by atoms with E-state index in [1.165, 1.54) is 0 Å². The fraction of sp³-hybridized carbons (Fsp3) is 0.474. The van der Waals surface area contributed by atoms with Gasteiger partial charge in [-0.3, -0.25) is 9.69 Å². The monoisotopic (exact) mass is 361 g/mol. The summed E-state index contributed by atoms with van der Waals surface area (Å²) in [6.07, 6.45) is 6.00. The van der Waals surface area contributed by atoms with Crippen LogP contribution in [0.4, 0.5) is 0 Å². The van der Waals surface area contributed by atoms with Crippen molar-refractivity contribution in [3.8, 4) is 0 Å². The highest BCUT2D eigenvalue weighted by atomic mass is 35.5. The predicted octanol–water partition coefficient (Wildman–Crippen LogP) is 3.45. The van der Waals surface area contributed by atoms with Crippen molar-refractivity contribution in [1.82, 2.24) is 14.9 Å². The molecule has 1 atom stereocenters. The number of imidazole rings is 1. The molecule has 1 saturated heterocycles. The summed E-state index contributed by atoms with van der Waals surface area (Å²) in [5.41, 5.74) is 0.534. The Balaban J connectivity index is 1.81. The maximum Gasteiger partial charge on any atom is 0.313 e. The number of likely N-dealkylation sites (tertiary alicyclic amines) is 1. The molecule has 1 N–H and O–H groups in total. The summed E-state index contributed by atoms with van der Waals surface area (Å²) in [5, 5.41) is 0.694. The van der Waals surface area contributed by atoms with E-state index in [0.29, 0.717) is 31.1 Å². The number of rotatable bonds is 6. The topological polar surface area (TPSA) is 58.2 Å². The van der Waals surface area contributed by atoms with Gasteiger partial charge in [-0.1, -0.05) is 23.7 Å². The molecule has 0 radical (unpaired) electrons. The van der Waals surface area contributed by atoms with Crippen LogP contribution in [0.25, 0.3) is 0 Å². The largest absolute Gasteiger partial charge is 0.466 e. The highest BCUT2D eigenvalue weighted by molar-refractivity contribution is 6.30. The number of carbonyl (C=O) groups excluding carboxylic acids is 1. The molecule has 0 spiro atoms. The van der Waals surface area contributed by atoms with Crippen LogP contribution in [0.5, 0.6) is 0 Å². The summed E-state index contributed by atoms with van der Waals surface area (Å²) in [6, 6.07) is 7.75. The molecule has 2 aromatic rings. The van der Waals surface area contributed by atoms with Gasteiger partial charge >= 0.3 is 5.97 Å². The summed E-state index contributed by atoms with van der Waals surface area (Å²) < 4.78 is 5.45. The van der Waals surface area contributed by atoms with Gasteiger partial charge in [-0.25, -0.2) is 4.98 Å². The van der Waals surface area contributed by atoms with E-state index in [9.17, 15) is 4.79 Å². The van der Waals surface area contributed by atoms with E-state index in [2.05, 4.69) is 14.9 Å². The van der Waals surface area contributed by atoms with E-state index in [4.69, 9.17) is 16.3 Å². The molecule has 1 fully saturated rings.